The summed E-state index contributed by atoms with van der Waals surface area (Å²) < 4.78 is 0. The van der Waals surface area contributed by atoms with E-state index < -0.39 is 0 Å². The zero-order chi connectivity index (χ0) is 19.2. The Balaban J connectivity index is 1.81. The summed E-state index contributed by atoms with van der Waals surface area (Å²) in [5, 5.41) is 15.0. The maximum Gasteiger partial charge on any atom is 0.274 e. The molecule has 0 bridgehead atoms. The number of carbonyl (C=O) groups is 1. The van der Waals surface area contributed by atoms with Crippen molar-refractivity contribution < 1.29 is 4.79 Å². The molecule has 0 aliphatic carbocycles. The monoisotopic (exact) mass is 357 g/mol. The number of amides is 1. The third-order valence-corrected chi connectivity index (χ3v) is 4.11. The number of nitrogens with zero attached hydrogens (tertiary/aromatic N) is 3. The molecule has 0 aliphatic heterocycles. The van der Waals surface area contributed by atoms with Gasteiger partial charge in [-0.15, -0.1) is 0 Å². The Labute approximate surface area is 157 Å². The van der Waals surface area contributed by atoms with E-state index in [0.29, 0.717) is 17.2 Å². The van der Waals surface area contributed by atoms with Crippen LogP contribution in [0.25, 0.3) is 0 Å². The van der Waals surface area contributed by atoms with Gasteiger partial charge < -0.3 is 10.6 Å². The van der Waals surface area contributed by atoms with Crippen LogP contribution < -0.4 is 10.6 Å². The van der Waals surface area contributed by atoms with E-state index in [1.54, 1.807) is 30.3 Å². The summed E-state index contributed by atoms with van der Waals surface area (Å²) >= 11 is 0. The molecule has 2 N–H and O–H groups in total. The molecule has 0 unspecified atom stereocenters. The van der Waals surface area contributed by atoms with Crippen molar-refractivity contribution in [3.8, 4) is 6.07 Å². The van der Waals surface area contributed by atoms with Crippen LogP contribution >= 0.6 is 0 Å². The van der Waals surface area contributed by atoms with E-state index in [-0.39, 0.29) is 11.6 Å². The number of aryl methyl sites for hydroxylation is 2. The van der Waals surface area contributed by atoms with Crippen molar-refractivity contribution in [2.24, 2.45) is 0 Å². The lowest BCUT2D eigenvalue weighted by Crippen LogP contribution is -2.16. The highest BCUT2D eigenvalue weighted by Crippen LogP contribution is 2.22. The molecule has 1 heterocycles. The highest BCUT2D eigenvalue weighted by atomic mass is 16.1. The van der Waals surface area contributed by atoms with Crippen molar-refractivity contribution in [1.82, 2.24) is 9.97 Å². The van der Waals surface area contributed by atoms with Gasteiger partial charge in [0.1, 0.15) is 5.69 Å². The largest absolute Gasteiger partial charge is 0.324 e. The van der Waals surface area contributed by atoms with Gasteiger partial charge in [-0.3, -0.25) is 4.79 Å². The molecule has 134 valence electrons. The summed E-state index contributed by atoms with van der Waals surface area (Å²) in [5.74, 6) is -0.00605. The molecule has 0 saturated carbocycles. The lowest BCUT2D eigenvalue weighted by molar-refractivity contribution is 0.102. The second-order valence-electron chi connectivity index (χ2n) is 6.00. The second-order valence-corrected chi connectivity index (χ2v) is 6.00. The van der Waals surface area contributed by atoms with Crippen LogP contribution in [0.3, 0.4) is 0 Å². The lowest BCUT2D eigenvalue weighted by Gasteiger charge is -2.13. The number of para-hydroxylation sites is 1. The number of nitrogens with one attached hydrogen (secondary N) is 2. The van der Waals surface area contributed by atoms with Gasteiger partial charge in [0.15, 0.2) is 0 Å². The average molecular weight is 357 g/mol. The summed E-state index contributed by atoms with van der Waals surface area (Å²) in [6.07, 6.45) is 2.35. The fourth-order valence-electron chi connectivity index (χ4n) is 2.72. The van der Waals surface area contributed by atoms with Gasteiger partial charge in [-0.25, -0.2) is 9.97 Å². The smallest absolute Gasteiger partial charge is 0.274 e. The highest BCUT2D eigenvalue weighted by molar-refractivity contribution is 6.03. The third kappa shape index (κ3) is 4.28. The van der Waals surface area contributed by atoms with E-state index in [9.17, 15) is 4.79 Å². The number of aromatic nitrogens is 2. The summed E-state index contributed by atoms with van der Waals surface area (Å²) in [7, 11) is 0. The van der Waals surface area contributed by atoms with Gasteiger partial charge in [0.2, 0.25) is 5.95 Å². The van der Waals surface area contributed by atoms with E-state index in [2.05, 4.69) is 26.7 Å². The first-order chi connectivity index (χ1) is 13.1. The van der Waals surface area contributed by atoms with Crippen LogP contribution in [0.2, 0.25) is 0 Å². The Bertz CT molecular complexity index is 1020. The number of rotatable bonds is 5. The van der Waals surface area contributed by atoms with Crippen LogP contribution in [-0.2, 0) is 6.42 Å². The van der Waals surface area contributed by atoms with Crippen molar-refractivity contribution in [3.63, 3.8) is 0 Å². The summed E-state index contributed by atoms with van der Waals surface area (Å²) in [5.41, 5.74) is 4.36. The van der Waals surface area contributed by atoms with Gasteiger partial charge in [-0.2, -0.15) is 5.26 Å². The molecule has 0 atom stereocenters. The number of nitriles is 1. The standard InChI is InChI=1S/C21H19N5O/c1-3-16-8-4-6-14(2)19(16)26-20(27)18-10-11-23-21(25-18)24-17-9-5-7-15(12-17)13-22/h4-12H,3H2,1-2H3,(H,26,27)(H,23,24,25). The number of hydrogen-bond donors (Lipinski definition) is 2. The molecule has 1 amide bonds. The summed E-state index contributed by atoms with van der Waals surface area (Å²) in [6.45, 7) is 4.01. The predicted molar refractivity (Wildman–Crippen MR) is 105 cm³/mol. The zero-order valence-corrected chi connectivity index (χ0v) is 15.2. The Morgan fingerprint density at radius 3 is 2.78 bits per heavy atom. The topological polar surface area (TPSA) is 90.7 Å². The fourth-order valence-corrected chi connectivity index (χ4v) is 2.72. The predicted octanol–water partition coefficient (Wildman–Crippen LogP) is 4.22. The maximum atomic E-state index is 12.7. The average Bonchev–Trinajstić information content (AvgIpc) is 2.69. The molecule has 6 heteroatoms. The van der Waals surface area contributed by atoms with Crippen LogP contribution in [0, 0.1) is 18.3 Å². The van der Waals surface area contributed by atoms with Gasteiger partial charge in [-0.1, -0.05) is 31.2 Å². The first-order valence-electron chi connectivity index (χ1n) is 8.60. The highest BCUT2D eigenvalue weighted by Gasteiger charge is 2.13. The maximum absolute atomic E-state index is 12.7. The first-order valence-corrected chi connectivity index (χ1v) is 8.60. The molecule has 0 radical (unpaired) electrons. The minimum Gasteiger partial charge on any atom is -0.324 e. The Hall–Kier alpha value is -3.72. The zero-order valence-electron chi connectivity index (χ0n) is 15.2. The van der Waals surface area contributed by atoms with Crippen molar-refractivity contribution in [2.75, 3.05) is 10.6 Å². The molecule has 0 aliphatic rings. The van der Waals surface area contributed by atoms with Crippen LogP contribution in [0.15, 0.2) is 54.7 Å². The Morgan fingerprint density at radius 2 is 2.00 bits per heavy atom. The Morgan fingerprint density at radius 1 is 1.19 bits per heavy atom. The van der Waals surface area contributed by atoms with Gasteiger partial charge >= 0.3 is 0 Å². The van der Waals surface area contributed by atoms with Crippen molar-refractivity contribution >= 4 is 23.2 Å². The number of carbonyl (C=O) groups excluding carboxylic acids is 1. The summed E-state index contributed by atoms with van der Waals surface area (Å²) in [4.78, 5) is 21.1. The van der Waals surface area contributed by atoms with Gasteiger partial charge in [0, 0.05) is 17.6 Å². The van der Waals surface area contributed by atoms with E-state index in [0.717, 1.165) is 23.2 Å². The number of hydrogen-bond acceptors (Lipinski definition) is 5. The second kappa shape index (κ2) is 8.11. The Kier molecular flexibility index (Phi) is 5.43. The van der Waals surface area contributed by atoms with Gasteiger partial charge in [0.05, 0.1) is 11.6 Å². The van der Waals surface area contributed by atoms with Crippen molar-refractivity contribution in [3.05, 3.63) is 77.1 Å². The molecular weight excluding hydrogens is 338 g/mol. The molecule has 0 spiro atoms. The quantitative estimate of drug-likeness (QED) is 0.713. The minimum atomic E-state index is -0.296. The van der Waals surface area contributed by atoms with E-state index in [1.807, 2.05) is 32.0 Å². The molecular formula is C21H19N5O. The molecule has 0 saturated heterocycles. The molecule has 27 heavy (non-hydrogen) atoms. The van der Waals surface area contributed by atoms with Crippen LogP contribution in [0.4, 0.5) is 17.3 Å². The van der Waals surface area contributed by atoms with Crippen LogP contribution in [0.1, 0.15) is 34.1 Å². The minimum absolute atomic E-state index is 0.259. The van der Waals surface area contributed by atoms with Crippen LogP contribution in [-0.4, -0.2) is 15.9 Å². The molecule has 1 aromatic heterocycles. The fraction of sp³-hybridized carbons (Fsp3) is 0.143. The van der Waals surface area contributed by atoms with Gasteiger partial charge in [-0.05, 0) is 48.7 Å². The summed E-state index contributed by atoms with van der Waals surface area (Å²) in [6, 6.07) is 16.6. The molecule has 6 nitrogen and oxygen atoms in total. The van der Waals surface area contributed by atoms with Crippen molar-refractivity contribution in [1.29, 1.82) is 5.26 Å². The molecule has 0 fully saturated rings. The number of anilines is 3. The van der Waals surface area contributed by atoms with E-state index in [4.69, 9.17) is 5.26 Å². The van der Waals surface area contributed by atoms with Crippen molar-refractivity contribution in [2.45, 2.75) is 20.3 Å². The third-order valence-electron chi connectivity index (χ3n) is 4.11. The molecule has 3 aromatic rings. The van der Waals surface area contributed by atoms with Gasteiger partial charge in [0.25, 0.3) is 5.91 Å². The lowest BCUT2D eigenvalue weighted by atomic mass is 10.1. The molecule has 2 aromatic carbocycles. The van der Waals surface area contributed by atoms with Crippen LogP contribution in [0.5, 0.6) is 0 Å². The normalized spacial score (nSPS) is 10.1. The van der Waals surface area contributed by atoms with E-state index in [1.165, 1.54) is 6.20 Å². The van der Waals surface area contributed by atoms with E-state index >= 15 is 0 Å². The molecule has 3 rings (SSSR count). The number of benzene rings is 2. The SMILES string of the molecule is CCc1cccc(C)c1NC(=O)c1ccnc(Nc2cccc(C#N)c2)n1. The first kappa shape index (κ1) is 18.1.